The van der Waals surface area contributed by atoms with Crippen molar-refractivity contribution in [1.82, 2.24) is 0 Å². The highest BCUT2D eigenvalue weighted by Gasteiger charge is 2.56. The normalized spacial score (nSPS) is 48.5. The van der Waals surface area contributed by atoms with Gasteiger partial charge >= 0.3 is 0 Å². The molecule has 0 radical (unpaired) electrons. The molecular weight excluding hydrogens is 1100 g/mol. The molecule has 0 spiro atoms. The minimum Gasteiger partial charge on any atom is -0.394 e. The molecule has 0 aromatic heterocycles. The Kier molecular flexibility index (Phi) is 26.1. The van der Waals surface area contributed by atoms with Crippen LogP contribution in [0, 0.1) is 0 Å². The van der Waals surface area contributed by atoms with E-state index in [9.17, 15) is 127 Å². The maximum Gasteiger partial charge on any atom is 0.187 e. The van der Waals surface area contributed by atoms with Crippen molar-refractivity contribution >= 4 is 6.29 Å². The lowest BCUT2D eigenvalue weighted by atomic mass is 9.95. The van der Waals surface area contributed by atoms with Crippen LogP contribution >= 0.6 is 0 Å². The molecule has 0 bridgehead atoms. The van der Waals surface area contributed by atoms with E-state index < -0.39 is 255 Å². The maximum absolute atomic E-state index is 11.1. The maximum atomic E-state index is 11.1. The zero-order valence-electron chi connectivity index (χ0n) is 41.2. The van der Waals surface area contributed by atoms with Crippen LogP contribution < -0.4 is 0 Å². The van der Waals surface area contributed by atoms with Gasteiger partial charge in [0.1, 0.15) is 171 Å². The van der Waals surface area contributed by atoms with E-state index in [1.54, 1.807) is 0 Å². The molecule has 79 heavy (non-hydrogen) atoms. The fourth-order valence-corrected chi connectivity index (χ4v) is 9.15. The largest absolute Gasteiger partial charge is 0.394 e. The predicted octanol–water partition coefficient (Wildman–Crippen LogP) is -17.5. The van der Waals surface area contributed by atoms with Crippen LogP contribution in [0.1, 0.15) is 0 Å². The van der Waals surface area contributed by atoms with Gasteiger partial charge in [0.2, 0.25) is 0 Å². The van der Waals surface area contributed by atoms with E-state index in [1.807, 2.05) is 0 Å². The average molecular weight is 1170 g/mol. The smallest absolute Gasteiger partial charge is 0.187 e. The molecule has 34 atom stereocenters. The van der Waals surface area contributed by atoms with Gasteiger partial charge in [-0.1, -0.05) is 0 Å². The van der Waals surface area contributed by atoms with Crippen molar-refractivity contribution in [2.75, 3.05) is 46.2 Å². The Morgan fingerprint density at radius 3 is 0.937 bits per heavy atom. The summed E-state index contributed by atoms with van der Waals surface area (Å²) < 4.78 is 58.9. The van der Waals surface area contributed by atoms with Gasteiger partial charge in [-0.3, -0.25) is 0 Å². The highest BCUT2D eigenvalue weighted by atomic mass is 16.8. The summed E-state index contributed by atoms with van der Waals surface area (Å²) in [5, 5.41) is 251. The van der Waals surface area contributed by atoms with Gasteiger partial charge in [-0.05, 0) is 0 Å². The van der Waals surface area contributed by atoms with Gasteiger partial charge in [0.25, 0.3) is 0 Å². The lowest BCUT2D eigenvalue weighted by Gasteiger charge is -2.49. The molecule has 37 heteroatoms. The summed E-state index contributed by atoms with van der Waals surface area (Å²) in [7, 11) is 0. The number of hydrogen-bond donors (Lipinski definition) is 25. The second-order valence-corrected chi connectivity index (χ2v) is 19.1. The number of hydrogen-bond acceptors (Lipinski definition) is 37. The van der Waals surface area contributed by atoms with Crippen LogP contribution in [0.3, 0.4) is 0 Å². The molecule has 0 aromatic carbocycles. The third-order valence-corrected chi connectivity index (χ3v) is 13.8. The van der Waals surface area contributed by atoms with Crippen molar-refractivity contribution < 1.29 is 185 Å². The van der Waals surface area contributed by atoms with Gasteiger partial charge < -0.3 is 185 Å². The van der Waals surface area contributed by atoms with Crippen LogP contribution in [-0.2, 0) is 56.9 Å². The quantitative estimate of drug-likeness (QED) is 0.0475. The minimum absolute atomic E-state index is 0.112. The van der Waals surface area contributed by atoms with Gasteiger partial charge in [-0.2, -0.15) is 0 Å². The van der Waals surface area contributed by atoms with E-state index >= 15 is 0 Å². The molecule has 0 aromatic rings. The molecule has 6 saturated heterocycles. The number of aliphatic hydroxyl groups excluding tert-OH is 25. The molecule has 6 aliphatic heterocycles. The summed E-state index contributed by atoms with van der Waals surface area (Å²) in [4.78, 5) is 11.0. The molecule has 464 valence electrons. The Balaban J connectivity index is 0.000000414. The van der Waals surface area contributed by atoms with Gasteiger partial charge in [-0.25, -0.2) is 0 Å². The highest BCUT2D eigenvalue weighted by molar-refractivity contribution is 5.56. The Morgan fingerprint density at radius 2 is 0.620 bits per heavy atom. The standard InChI is InChI=1S/C30H52O26.C12H22O11/c31-1-7(37)13(39)23(8(38)2-32)53-28-20(46)16(42)25(10(4-34)50-28)55-30-22(48)18(44)26(12(6-36)52-30)56-29-21(47)17(43)24(11(5-35)51-29)54-27-19(45)15(41)14(40)9(3-33)49-27;13-1-3-5(15)6(16)9(19)12(22-3)23-10-4(2-14)21-11(20)8(18)7(10)17/h1,7-30,32-48H,2-6H2;3-20H,1-2H2/t7-,8+,9+,10+,11+,12+,13+,14+,15-,16+,17+,18+,19+,20+,21+,22+,23+,24+,25+,26+,27+,28+,29+,30+;3-,4-,5-,6+,7-,8-,9-,10-,11?,12-/m01/s1. The first-order valence-electron chi connectivity index (χ1n) is 24.5. The van der Waals surface area contributed by atoms with Crippen LogP contribution in [0.25, 0.3) is 0 Å². The monoisotopic (exact) mass is 1170 g/mol. The van der Waals surface area contributed by atoms with Crippen molar-refractivity contribution in [3.05, 3.63) is 0 Å². The molecule has 6 rings (SSSR count). The summed E-state index contributed by atoms with van der Waals surface area (Å²) in [5.41, 5.74) is 0. The van der Waals surface area contributed by atoms with E-state index in [0.29, 0.717) is 0 Å². The molecule has 6 aliphatic rings. The fourth-order valence-electron chi connectivity index (χ4n) is 9.15. The van der Waals surface area contributed by atoms with Crippen LogP contribution in [0.15, 0.2) is 0 Å². The molecule has 25 N–H and O–H groups in total. The van der Waals surface area contributed by atoms with E-state index in [4.69, 9.17) is 57.2 Å². The topological polar surface area (TPSA) is 624 Å². The number of carbonyl (C=O) groups is 1. The Morgan fingerprint density at radius 1 is 0.342 bits per heavy atom. The minimum atomic E-state index is -2.17. The third-order valence-electron chi connectivity index (χ3n) is 13.8. The van der Waals surface area contributed by atoms with Crippen molar-refractivity contribution in [1.29, 1.82) is 0 Å². The van der Waals surface area contributed by atoms with E-state index in [1.165, 1.54) is 0 Å². The highest BCUT2D eigenvalue weighted by Crippen LogP contribution is 2.36. The summed E-state index contributed by atoms with van der Waals surface area (Å²) in [6.07, 6.45) is -61.6. The summed E-state index contributed by atoms with van der Waals surface area (Å²) >= 11 is 0. The molecule has 0 saturated carbocycles. The van der Waals surface area contributed by atoms with Crippen molar-refractivity contribution in [3.63, 3.8) is 0 Å². The molecule has 1 unspecified atom stereocenters. The zero-order valence-corrected chi connectivity index (χ0v) is 41.2. The molecule has 0 amide bonds. The predicted molar refractivity (Wildman–Crippen MR) is 236 cm³/mol. The molecular formula is C42H74O37. The lowest BCUT2D eigenvalue weighted by molar-refractivity contribution is -0.390. The van der Waals surface area contributed by atoms with Crippen molar-refractivity contribution in [3.8, 4) is 0 Å². The van der Waals surface area contributed by atoms with Crippen LogP contribution in [-0.4, -0.2) is 389 Å². The van der Waals surface area contributed by atoms with E-state index in [-0.39, 0.29) is 6.29 Å². The van der Waals surface area contributed by atoms with Crippen LogP contribution in [0.5, 0.6) is 0 Å². The zero-order chi connectivity index (χ0) is 59.1. The molecule has 6 heterocycles. The van der Waals surface area contributed by atoms with Crippen LogP contribution in [0.4, 0.5) is 0 Å². The number of ether oxygens (including phenoxy) is 11. The number of rotatable bonds is 21. The Bertz CT molecular complexity index is 1770. The SMILES string of the molecule is O=C[C@H](O)[C@@H](O)[C@H](O[C@H]1O[C@H](CO)[C@@H](O[C@H]2O[C@H](CO)[C@@H](O[C@H]3O[C@H](CO)[C@@H](O[C@H]4O[C@H](CO)[C@@H](O)[C@H](O)[C@H]4O)[C@H](O)[C@H]3O)[C@H](O)[C@H]2O)[C@H](O)[C@H]1O)[C@H](O)CO.OC[C@H]1O[C@H](O[C@H]2[C@H](O)[C@@H](O)C(O)O[C@@H]2CO)[C@H](O)[C@@H](O)[C@@H]1O. The summed E-state index contributed by atoms with van der Waals surface area (Å²) in [6, 6.07) is 0. The Hall–Kier alpha value is -1.77. The molecule has 0 aliphatic carbocycles. The van der Waals surface area contributed by atoms with E-state index in [2.05, 4.69) is 0 Å². The average Bonchev–Trinajstić information content (AvgIpc) is 3.48. The van der Waals surface area contributed by atoms with E-state index in [0.717, 1.165) is 0 Å². The number of aliphatic hydroxyl groups is 25. The van der Waals surface area contributed by atoms with Crippen LogP contribution in [0.2, 0.25) is 0 Å². The van der Waals surface area contributed by atoms with Crippen molar-refractivity contribution in [2.24, 2.45) is 0 Å². The summed E-state index contributed by atoms with van der Waals surface area (Å²) in [6.45, 7) is -6.19. The Labute approximate surface area is 445 Å². The summed E-state index contributed by atoms with van der Waals surface area (Å²) in [5.74, 6) is 0. The first-order chi connectivity index (χ1) is 37.3. The van der Waals surface area contributed by atoms with Crippen molar-refractivity contribution in [2.45, 2.75) is 209 Å². The number of aldehydes is 1. The van der Waals surface area contributed by atoms with Gasteiger partial charge in [0.15, 0.2) is 44.0 Å². The third kappa shape index (κ3) is 15.2. The fraction of sp³-hybridized carbons (Fsp3) is 0.976. The first-order valence-corrected chi connectivity index (χ1v) is 24.5. The first kappa shape index (κ1) is 68.0. The molecule has 37 nitrogen and oxygen atoms in total. The van der Waals surface area contributed by atoms with Gasteiger partial charge in [0.05, 0.1) is 46.2 Å². The lowest BCUT2D eigenvalue weighted by Crippen LogP contribution is -2.67. The van der Waals surface area contributed by atoms with Gasteiger partial charge in [-0.15, -0.1) is 0 Å². The second kappa shape index (κ2) is 30.3. The second-order valence-electron chi connectivity index (χ2n) is 19.1. The molecule has 6 fully saturated rings. The van der Waals surface area contributed by atoms with Gasteiger partial charge in [0, 0.05) is 0 Å². The number of carbonyl (C=O) groups excluding carboxylic acids is 1.